The number of benzene rings is 2. The largest absolute Gasteiger partial charge is 1.00 e. The number of aromatic nitrogens is 4. The average molecular weight is 447 g/mol. The number of tetrazole rings is 1. The number of rotatable bonds is 11. The number of hydrogen-bond acceptors (Lipinski definition) is 6. The summed E-state index contributed by atoms with van der Waals surface area (Å²) in [7, 11) is 1.64. The van der Waals surface area contributed by atoms with Crippen LogP contribution in [0.15, 0.2) is 36.4 Å². The van der Waals surface area contributed by atoms with Crippen molar-refractivity contribution in [2.45, 2.75) is 58.3 Å². The number of phenols is 1. The van der Waals surface area contributed by atoms with Crippen molar-refractivity contribution in [3.63, 3.8) is 0 Å². The predicted molar refractivity (Wildman–Crippen MR) is 120 cm³/mol. The van der Waals surface area contributed by atoms with E-state index in [0.29, 0.717) is 12.4 Å². The minimum Gasteiger partial charge on any atom is -0.507 e. The minimum atomic E-state index is -0.124. The molecular weight excluding hydrogens is 415 g/mol. The van der Waals surface area contributed by atoms with Crippen LogP contribution in [0.3, 0.4) is 0 Å². The summed E-state index contributed by atoms with van der Waals surface area (Å²) in [5.74, 6) is 2.41. The maximum atomic E-state index is 10.6. The third kappa shape index (κ3) is 6.70. The van der Waals surface area contributed by atoms with Crippen molar-refractivity contribution >= 4 is 0 Å². The van der Waals surface area contributed by atoms with Gasteiger partial charge in [-0.05, 0) is 48.6 Å². The molecule has 32 heavy (non-hydrogen) atoms. The third-order valence-electron chi connectivity index (χ3n) is 5.57. The fourth-order valence-corrected chi connectivity index (χ4v) is 3.60. The standard InChI is InChI=1S/C24H31N4O3.Na/c1-5-17-15-20(18-10-9-11-19(14-18)30-4)21(29)16-22(17)31-13-8-6-7-12-24(2,3)23-25-27-28-26-23;/h9-11,14-16H,5-8,12-13H2,1-4H3,(H-,25,26,27,28,29);/q-1;+1. The zero-order chi connectivity index (χ0) is 22.3. The minimum absolute atomic E-state index is 0. The van der Waals surface area contributed by atoms with Crippen LogP contribution in [0.5, 0.6) is 17.2 Å². The number of methoxy groups -OCH3 is 1. The number of ether oxygens (including phenoxy) is 2. The maximum absolute atomic E-state index is 10.6. The van der Waals surface area contributed by atoms with Gasteiger partial charge in [-0.3, -0.25) is 15.5 Å². The monoisotopic (exact) mass is 446 g/mol. The first kappa shape index (κ1) is 26.2. The van der Waals surface area contributed by atoms with E-state index in [9.17, 15) is 5.11 Å². The van der Waals surface area contributed by atoms with E-state index < -0.39 is 0 Å². The van der Waals surface area contributed by atoms with Crippen molar-refractivity contribution in [2.24, 2.45) is 0 Å². The van der Waals surface area contributed by atoms with Crippen LogP contribution in [-0.2, 0) is 11.8 Å². The summed E-state index contributed by atoms with van der Waals surface area (Å²) in [5, 5.41) is 25.7. The molecule has 0 saturated heterocycles. The first-order chi connectivity index (χ1) is 14.9. The molecule has 8 heteroatoms. The summed E-state index contributed by atoms with van der Waals surface area (Å²) in [4.78, 5) is 0. The third-order valence-corrected chi connectivity index (χ3v) is 5.57. The Labute approximate surface area is 212 Å². The van der Waals surface area contributed by atoms with Crippen LogP contribution in [0.1, 0.15) is 57.8 Å². The van der Waals surface area contributed by atoms with Crippen LogP contribution in [0, 0.1) is 0 Å². The van der Waals surface area contributed by atoms with Crippen molar-refractivity contribution in [1.82, 2.24) is 20.6 Å². The van der Waals surface area contributed by atoms with Gasteiger partial charge in [0.25, 0.3) is 0 Å². The Balaban J connectivity index is 0.00000363. The Kier molecular flexibility index (Phi) is 10.0. The molecule has 0 amide bonds. The Hall–Kier alpha value is -2.09. The summed E-state index contributed by atoms with van der Waals surface area (Å²) < 4.78 is 11.3. The van der Waals surface area contributed by atoms with Gasteiger partial charge in [0.2, 0.25) is 0 Å². The zero-order valence-corrected chi connectivity index (χ0v) is 21.8. The van der Waals surface area contributed by atoms with Crippen molar-refractivity contribution in [3.05, 3.63) is 47.8 Å². The molecule has 2 aromatic carbocycles. The van der Waals surface area contributed by atoms with Gasteiger partial charge in [0.05, 0.1) is 13.7 Å². The first-order valence-corrected chi connectivity index (χ1v) is 10.8. The van der Waals surface area contributed by atoms with E-state index >= 15 is 0 Å². The van der Waals surface area contributed by atoms with E-state index in [4.69, 9.17) is 9.47 Å². The maximum Gasteiger partial charge on any atom is 1.00 e. The zero-order valence-electron chi connectivity index (χ0n) is 19.8. The number of hydrogen-bond donors (Lipinski definition) is 1. The summed E-state index contributed by atoms with van der Waals surface area (Å²) in [5.41, 5.74) is 2.65. The summed E-state index contributed by atoms with van der Waals surface area (Å²) in [6.45, 7) is 6.93. The van der Waals surface area contributed by atoms with Gasteiger partial charge in [0.1, 0.15) is 17.2 Å². The van der Waals surface area contributed by atoms with E-state index in [-0.39, 0.29) is 40.7 Å². The second-order valence-electron chi connectivity index (χ2n) is 8.31. The molecule has 1 aromatic heterocycles. The fraction of sp³-hybridized carbons (Fsp3) is 0.458. The van der Waals surface area contributed by atoms with Gasteiger partial charge >= 0.3 is 29.6 Å². The van der Waals surface area contributed by atoms with Gasteiger partial charge in [-0.2, -0.15) is 0 Å². The van der Waals surface area contributed by atoms with Crippen LogP contribution >= 0.6 is 0 Å². The topological polar surface area (TPSA) is 91.5 Å². The van der Waals surface area contributed by atoms with Crippen LogP contribution in [-0.4, -0.2) is 34.2 Å². The van der Waals surface area contributed by atoms with Crippen LogP contribution in [0.25, 0.3) is 11.1 Å². The molecule has 1 heterocycles. The molecule has 0 unspecified atom stereocenters. The van der Waals surface area contributed by atoms with Crippen molar-refractivity contribution in [2.75, 3.05) is 13.7 Å². The Bertz CT molecular complexity index is 977. The molecule has 0 bridgehead atoms. The molecule has 3 aromatic rings. The van der Waals surface area contributed by atoms with Gasteiger partial charge in [-0.15, -0.1) is 0 Å². The van der Waals surface area contributed by atoms with Gasteiger partial charge in [0.15, 0.2) is 0 Å². The molecule has 7 nitrogen and oxygen atoms in total. The molecule has 0 fully saturated rings. The van der Waals surface area contributed by atoms with Crippen molar-refractivity contribution in [3.8, 4) is 28.4 Å². The number of unbranched alkanes of at least 4 members (excludes halogenated alkanes) is 2. The van der Waals surface area contributed by atoms with Gasteiger partial charge in [0, 0.05) is 22.9 Å². The fourth-order valence-electron chi connectivity index (χ4n) is 3.60. The predicted octanol–water partition coefficient (Wildman–Crippen LogP) is 1.69. The molecular formula is C24H31N4NaO3. The Morgan fingerprint density at radius 1 is 1.09 bits per heavy atom. The van der Waals surface area contributed by atoms with E-state index in [2.05, 4.69) is 41.4 Å². The molecule has 1 N–H and O–H groups in total. The molecule has 0 atom stereocenters. The van der Waals surface area contributed by atoms with E-state index in [0.717, 1.165) is 60.3 Å². The number of aromatic hydroxyl groups is 1. The Morgan fingerprint density at radius 2 is 1.91 bits per heavy atom. The van der Waals surface area contributed by atoms with E-state index in [1.165, 1.54) is 0 Å². The smallest absolute Gasteiger partial charge is 0.507 e. The quantitative estimate of drug-likeness (QED) is 0.354. The van der Waals surface area contributed by atoms with E-state index in [1.54, 1.807) is 13.2 Å². The molecule has 3 rings (SSSR count). The van der Waals surface area contributed by atoms with Crippen LogP contribution in [0.2, 0.25) is 0 Å². The second kappa shape index (κ2) is 12.2. The van der Waals surface area contributed by atoms with Crippen molar-refractivity contribution in [1.29, 1.82) is 0 Å². The number of nitrogens with zero attached hydrogens (tertiary/aromatic N) is 4. The average Bonchev–Trinajstić information content (AvgIpc) is 3.32. The van der Waals surface area contributed by atoms with Gasteiger partial charge in [-0.1, -0.05) is 45.7 Å². The summed E-state index contributed by atoms with van der Waals surface area (Å²) >= 11 is 0. The van der Waals surface area contributed by atoms with Crippen molar-refractivity contribution < 1.29 is 44.1 Å². The van der Waals surface area contributed by atoms with Crippen LogP contribution < -0.4 is 44.2 Å². The molecule has 0 aliphatic carbocycles. The molecule has 166 valence electrons. The molecule has 0 aliphatic rings. The Morgan fingerprint density at radius 3 is 2.59 bits per heavy atom. The number of aryl methyl sites for hydroxylation is 1. The van der Waals surface area contributed by atoms with Gasteiger partial charge in [-0.25, -0.2) is 0 Å². The SMILES string of the molecule is CCc1cc(-c2cccc(OC)c2)c(O)cc1OCCCCCC(C)(C)c1nn[n-]n1.[Na+]. The summed E-state index contributed by atoms with van der Waals surface area (Å²) in [6.07, 6.45) is 4.82. The number of phenolic OH excluding ortho intramolecular Hbond substituents is 1. The molecule has 0 radical (unpaired) electrons. The first-order valence-electron chi connectivity index (χ1n) is 10.8. The molecule has 0 aliphatic heterocycles. The molecule has 0 spiro atoms. The normalized spacial score (nSPS) is 11.1. The molecule has 0 saturated carbocycles. The van der Waals surface area contributed by atoms with Crippen LogP contribution in [0.4, 0.5) is 0 Å². The second-order valence-corrected chi connectivity index (χ2v) is 8.31. The van der Waals surface area contributed by atoms with Gasteiger partial charge < -0.3 is 19.7 Å². The van der Waals surface area contributed by atoms with E-state index in [1.807, 2.05) is 30.3 Å². The summed E-state index contributed by atoms with van der Waals surface area (Å²) in [6, 6.07) is 11.4.